The maximum atomic E-state index is 13.4. The fourth-order valence-corrected chi connectivity index (χ4v) is 11.1. The van der Waals surface area contributed by atoms with E-state index < -0.39 is 124 Å². The van der Waals surface area contributed by atoms with Crippen molar-refractivity contribution in [1.29, 1.82) is 5.26 Å². The number of hydrogen-bond donors (Lipinski definition) is 0. The highest BCUT2D eigenvalue weighted by molar-refractivity contribution is 7.92. The van der Waals surface area contributed by atoms with Crippen molar-refractivity contribution in [3.63, 3.8) is 0 Å². The number of sulfone groups is 1. The minimum atomic E-state index is -3.69. The number of alkyl halides is 2. The van der Waals surface area contributed by atoms with Crippen LogP contribution in [-0.4, -0.2) is 82.2 Å². The molecular weight excluding hydrogens is 927 g/mol. The molecule has 4 aliphatic rings. The molecule has 0 N–H and O–H groups in total. The van der Waals surface area contributed by atoms with Gasteiger partial charge in [-0.05, 0) is 131 Å². The number of nitrogens with zero attached hydrogens (tertiary/aromatic N) is 2. The molecule has 70 heavy (non-hydrogen) atoms. The van der Waals surface area contributed by atoms with E-state index in [1.165, 1.54) is 53.7 Å². The molecule has 3 unspecified atom stereocenters. The first-order valence-corrected chi connectivity index (χ1v) is 24.8. The van der Waals surface area contributed by atoms with Crippen LogP contribution in [0.15, 0.2) is 42.5 Å². The monoisotopic (exact) mass is 988 g/mol. The molecule has 0 saturated heterocycles. The molecule has 4 fully saturated rings. The number of ketones is 10. The van der Waals surface area contributed by atoms with Crippen LogP contribution < -0.4 is 0 Å². The van der Waals surface area contributed by atoms with E-state index in [9.17, 15) is 65.1 Å². The molecule has 0 radical (unpaired) electrons. The van der Waals surface area contributed by atoms with Gasteiger partial charge in [0.1, 0.15) is 28.2 Å². The van der Waals surface area contributed by atoms with Gasteiger partial charge in [-0.1, -0.05) is 25.5 Å². The van der Waals surface area contributed by atoms with Gasteiger partial charge in [-0.3, -0.25) is 52.9 Å². The Kier molecular flexibility index (Phi) is 15.4. The van der Waals surface area contributed by atoms with Crippen molar-refractivity contribution in [2.45, 2.75) is 126 Å². The molecule has 1 aromatic heterocycles. The molecule has 0 amide bonds. The molecule has 4 saturated carbocycles. The van der Waals surface area contributed by atoms with Gasteiger partial charge in [0.15, 0.2) is 67.7 Å². The summed E-state index contributed by atoms with van der Waals surface area (Å²) in [5.74, 6) is -14.0. The number of pyridine rings is 1. The molecule has 2 aromatic rings. The van der Waals surface area contributed by atoms with Gasteiger partial charge in [-0.25, -0.2) is 8.42 Å². The van der Waals surface area contributed by atoms with Gasteiger partial charge >= 0.3 is 0 Å². The Morgan fingerprint density at radius 1 is 0.743 bits per heavy atom. The fourth-order valence-electron chi connectivity index (χ4n) is 9.73. The van der Waals surface area contributed by atoms with Gasteiger partial charge in [0.25, 0.3) is 5.92 Å². The molecule has 17 heteroatoms. The largest absolute Gasteiger partial charge is 0.298 e. The summed E-state index contributed by atoms with van der Waals surface area (Å²) in [5.41, 5.74) is -3.61. The lowest BCUT2D eigenvalue weighted by atomic mass is 9.56. The van der Waals surface area contributed by atoms with E-state index in [0.29, 0.717) is 48.4 Å². The second-order valence-corrected chi connectivity index (χ2v) is 23.7. The summed E-state index contributed by atoms with van der Waals surface area (Å²) < 4.78 is 49.4. The van der Waals surface area contributed by atoms with Crippen molar-refractivity contribution in [2.24, 2.45) is 51.2 Å². The van der Waals surface area contributed by atoms with E-state index in [2.05, 4.69) is 11.6 Å². The Hall–Kier alpha value is -5.89. The van der Waals surface area contributed by atoms with Gasteiger partial charge in [0.05, 0.1) is 22.5 Å². The second kappa shape index (κ2) is 19.0. The fraction of sp³-hybridized carbons (Fsp3) is 0.547. The molecule has 3 atom stereocenters. The molecule has 0 bridgehead atoms. The Bertz CT molecular complexity index is 2780. The number of aryl methyl sites for hydroxylation is 2. The summed E-state index contributed by atoms with van der Waals surface area (Å²) in [6.07, 6.45) is 2.83. The summed E-state index contributed by atoms with van der Waals surface area (Å²) >= 11 is 0. The van der Waals surface area contributed by atoms with Crippen LogP contribution >= 0.6 is 0 Å². The minimum absolute atomic E-state index is 0.00198. The van der Waals surface area contributed by atoms with Gasteiger partial charge in [-0.15, -0.1) is 0 Å². The average molecular weight is 989 g/mol. The third kappa shape index (κ3) is 9.77. The molecular formula is C53H62F2N2O12S. The Morgan fingerprint density at radius 2 is 1.19 bits per heavy atom. The first-order valence-electron chi connectivity index (χ1n) is 22.9. The molecule has 4 aliphatic carbocycles. The second-order valence-electron chi connectivity index (χ2n) is 21.3. The lowest BCUT2D eigenvalue weighted by molar-refractivity contribution is -0.158. The van der Waals surface area contributed by atoms with Crippen LogP contribution in [0.3, 0.4) is 0 Å². The lowest BCUT2D eigenvalue weighted by Gasteiger charge is -2.44. The van der Waals surface area contributed by atoms with E-state index in [4.69, 9.17) is 5.26 Å². The molecule has 0 spiro atoms. The standard InChI is InChI=1S/C20H21NO3.C19H21F2NO4.C14H20O5S/c1-11-9-13(10-21)7-8-14(11)16(22)15-17(23)19(3,4)12(2)20(5,6)18(15)24;1-9-10(7-8-11(22-9)19(6,20)21)13(23)12-14(24)17(2,3)16(26)18(4,5)15(12)25;1-4-9-7-10(15)11(12(16)8-5-6-8)13(17)14(9,2)20(3,18)19/h7-9,15H,2H2,1,3-6H3;7-8,12H,1-6H3;8-9,11H,4-7H2,1-3H3. The van der Waals surface area contributed by atoms with Crippen LogP contribution in [0.5, 0.6) is 0 Å². The third-order valence-corrected chi connectivity index (χ3v) is 17.0. The van der Waals surface area contributed by atoms with Crippen molar-refractivity contribution in [3.05, 3.63) is 76.1 Å². The van der Waals surface area contributed by atoms with Crippen LogP contribution in [0.2, 0.25) is 0 Å². The van der Waals surface area contributed by atoms with Crippen molar-refractivity contribution in [2.75, 3.05) is 6.26 Å². The van der Waals surface area contributed by atoms with Crippen molar-refractivity contribution >= 4 is 67.7 Å². The van der Waals surface area contributed by atoms with Crippen molar-refractivity contribution in [1.82, 2.24) is 4.98 Å². The Labute approximate surface area is 407 Å². The summed E-state index contributed by atoms with van der Waals surface area (Å²) in [4.78, 5) is 130. The lowest BCUT2D eigenvalue weighted by Crippen LogP contribution is -2.59. The summed E-state index contributed by atoms with van der Waals surface area (Å²) in [5, 5.41) is 8.94. The quantitative estimate of drug-likeness (QED) is 0.135. The number of Topliss-reactive ketones (excluding diaryl/α,β-unsaturated/α-hetero) is 10. The molecule has 6 rings (SSSR count). The zero-order valence-corrected chi connectivity index (χ0v) is 43.1. The SMILES string of the molecule is C=C1C(C)(C)C(=O)C(C(=O)c2ccc(C#N)cc2C)C(=O)C1(C)C.CCC1CC(=O)C(C(=O)C2CC2)C(=O)C1(C)S(C)(=O)=O.Cc1nc(C(C)(F)F)ccc1C(=O)C1C(=O)C(C)(C)C(=O)C(C)(C)C1=O. The van der Waals surface area contributed by atoms with Crippen LogP contribution in [0.1, 0.15) is 145 Å². The molecule has 1 aromatic carbocycles. The van der Waals surface area contributed by atoms with Crippen LogP contribution in [0, 0.1) is 76.4 Å². The van der Waals surface area contributed by atoms with Gasteiger partial charge < -0.3 is 0 Å². The topological polar surface area (TPSA) is 242 Å². The maximum Gasteiger partial charge on any atom is 0.286 e. The van der Waals surface area contributed by atoms with Crippen LogP contribution in [-0.2, 0) is 54.1 Å². The number of allylic oxidation sites excluding steroid dienone is 1. The average Bonchev–Trinajstić information content (AvgIpc) is 4.12. The van der Waals surface area contributed by atoms with Gasteiger partial charge in [0, 0.05) is 53.2 Å². The van der Waals surface area contributed by atoms with E-state index >= 15 is 0 Å². The van der Waals surface area contributed by atoms with E-state index in [0.717, 1.165) is 18.4 Å². The van der Waals surface area contributed by atoms with Crippen molar-refractivity contribution < 1.29 is 65.1 Å². The molecule has 0 aliphatic heterocycles. The summed E-state index contributed by atoms with van der Waals surface area (Å²) in [7, 11) is -3.69. The maximum absolute atomic E-state index is 13.4. The zero-order valence-electron chi connectivity index (χ0n) is 42.3. The highest BCUT2D eigenvalue weighted by atomic mass is 32.2. The van der Waals surface area contributed by atoms with Gasteiger partial charge in [0.2, 0.25) is 0 Å². The normalized spacial score (nSPS) is 24.4. The number of rotatable bonds is 9. The van der Waals surface area contributed by atoms with Gasteiger partial charge in [-0.2, -0.15) is 14.0 Å². The number of aromatic nitrogens is 1. The minimum Gasteiger partial charge on any atom is -0.298 e. The zero-order chi connectivity index (χ0) is 54.0. The number of benzene rings is 1. The number of hydrogen-bond acceptors (Lipinski definition) is 14. The summed E-state index contributed by atoms with van der Waals surface area (Å²) in [6, 6.07) is 8.77. The Balaban J connectivity index is 0.000000230. The van der Waals surface area contributed by atoms with Crippen LogP contribution in [0.25, 0.3) is 0 Å². The molecule has 14 nitrogen and oxygen atoms in total. The highest BCUT2D eigenvalue weighted by Crippen LogP contribution is 2.49. The van der Waals surface area contributed by atoms with E-state index in [1.807, 2.05) is 6.07 Å². The number of nitriles is 1. The third-order valence-electron chi connectivity index (χ3n) is 14.9. The number of carbonyl (C=O) groups is 10. The Morgan fingerprint density at radius 3 is 1.57 bits per heavy atom. The van der Waals surface area contributed by atoms with E-state index in [-0.39, 0.29) is 29.4 Å². The van der Waals surface area contributed by atoms with Crippen molar-refractivity contribution in [3.8, 4) is 6.07 Å². The predicted octanol–water partition coefficient (Wildman–Crippen LogP) is 7.45. The van der Waals surface area contributed by atoms with Crippen LogP contribution in [0.4, 0.5) is 8.78 Å². The van der Waals surface area contributed by atoms with E-state index in [1.54, 1.807) is 47.6 Å². The summed E-state index contributed by atoms with van der Waals surface area (Å²) in [6.45, 7) is 23.2. The number of halogens is 2. The first kappa shape index (κ1) is 56.7. The smallest absolute Gasteiger partial charge is 0.286 e. The number of carbonyl (C=O) groups excluding carboxylic acids is 10. The first-order chi connectivity index (χ1) is 31.7. The highest BCUT2D eigenvalue weighted by Gasteiger charge is 2.62. The molecule has 376 valence electrons. The predicted molar refractivity (Wildman–Crippen MR) is 252 cm³/mol. The molecule has 1 heterocycles.